The van der Waals surface area contributed by atoms with Crippen molar-refractivity contribution in [3.63, 3.8) is 0 Å². The van der Waals surface area contributed by atoms with E-state index in [-0.39, 0.29) is 23.5 Å². The van der Waals surface area contributed by atoms with Gasteiger partial charge in [0, 0.05) is 37.9 Å². The van der Waals surface area contributed by atoms with Gasteiger partial charge in [-0.3, -0.25) is 0 Å². The van der Waals surface area contributed by atoms with Crippen molar-refractivity contribution in [1.82, 2.24) is 29.9 Å². The summed E-state index contributed by atoms with van der Waals surface area (Å²) in [6.45, 7) is 5.48. The van der Waals surface area contributed by atoms with Crippen LogP contribution in [-0.2, 0) is 0 Å². The molecule has 4 aromatic rings. The first-order valence-corrected chi connectivity index (χ1v) is 10.4. The highest BCUT2D eigenvalue weighted by molar-refractivity contribution is 5.81. The van der Waals surface area contributed by atoms with Gasteiger partial charge in [-0.2, -0.15) is 10.1 Å². The maximum Gasteiger partial charge on any atom is 0.324 e. The number of hydrogen-bond acceptors (Lipinski definition) is 9. The fourth-order valence-electron chi connectivity index (χ4n) is 3.67. The average molecular weight is 439 g/mol. The molecule has 10 nitrogen and oxygen atoms in total. The van der Waals surface area contributed by atoms with Crippen molar-refractivity contribution in [1.29, 1.82) is 0 Å². The number of hydrogen-bond donors (Lipinski definition) is 1. The summed E-state index contributed by atoms with van der Waals surface area (Å²) in [5.41, 5.74) is 0.597. The fraction of sp³-hybridized carbons (Fsp3) is 0.381. The number of aromatic hydroxyl groups is 1. The number of piperidine rings is 1. The van der Waals surface area contributed by atoms with E-state index in [1.165, 1.54) is 23.1 Å². The Labute approximate surface area is 182 Å². The third-order valence-corrected chi connectivity index (χ3v) is 5.43. The molecule has 1 fully saturated rings. The van der Waals surface area contributed by atoms with Crippen LogP contribution in [0.1, 0.15) is 38.4 Å². The second kappa shape index (κ2) is 8.06. The second-order valence-corrected chi connectivity index (χ2v) is 8.00. The summed E-state index contributed by atoms with van der Waals surface area (Å²) < 4.78 is 27.2. The molecule has 1 aliphatic rings. The largest absolute Gasteiger partial charge is 0.508 e. The Morgan fingerprint density at radius 2 is 2.03 bits per heavy atom. The van der Waals surface area contributed by atoms with Crippen LogP contribution in [0.3, 0.4) is 0 Å². The molecule has 0 aliphatic carbocycles. The van der Waals surface area contributed by atoms with Crippen LogP contribution < -0.4 is 9.64 Å². The second-order valence-electron chi connectivity index (χ2n) is 8.00. The molecule has 0 spiro atoms. The van der Waals surface area contributed by atoms with Crippen molar-refractivity contribution in [3.8, 4) is 17.3 Å². The summed E-state index contributed by atoms with van der Waals surface area (Å²) in [6.07, 6.45) is 4.38. The number of halogens is 1. The quantitative estimate of drug-likeness (QED) is 0.500. The Balaban J connectivity index is 1.31. The van der Waals surface area contributed by atoms with Crippen molar-refractivity contribution in [2.75, 3.05) is 18.0 Å². The molecule has 32 heavy (non-hydrogen) atoms. The number of nitrogens with zero attached hydrogens (tertiary/aromatic N) is 7. The van der Waals surface area contributed by atoms with Gasteiger partial charge in [0.15, 0.2) is 17.3 Å². The molecule has 3 aromatic heterocycles. The summed E-state index contributed by atoms with van der Waals surface area (Å²) in [4.78, 5) is 15.0. The van der Waals surface area contributed by atoms with E-state index in [0.717, 1.165) is 32.0 Å². The Hall–Kier alpha value is -3.76. The molecule has 4 heterocycles. The zero-order valence-corrected chi connectivity index (χ0v) is 17.6. The number of phenols is 1. The van der Waals surface area contributed by atoms with E-state index in [4.69, 9.17) is 9.26 Å². The highest BCUT2D eigenvalue weighted by Gasteiger charge is 2.26. The zero-order chi connectivity index (χ0) is 22.2. The van der Waals surface area contributed by atoms with Crippen LogP contribution in [-0.4, -0.2) is 54.2 Å². The van der Waals surface area contributed by atoms with Gasteiger partial charge < -0.3 is 19.3 Å². The molecule has 166 valence electrons. The first kappa shape index (κ1) is 20.2. The Bertz CT molecular complexity index is 1250. The average Bonchev–Trinajstić information content (AvgIpc) is 3.43. The van der Waals surface area contributed by atoms with Crippen molar-refractivity contribution in [3.05, 3.63) is 42.4 Å². The molecule has 0 unspecified atom stereocenters. The molecule has 0 saturated carbocycles. The smallest absolute Gasteiger partial charge is 0.324 e. The van der Waals surface area contributed by atoms with E-state index < -0.39 is 5.82 Å². The molecule has 0 amide bonds. The molecule has 1 aromatic carbocycles. The molecule has 1 N–H and O–H groups in total. The number of aromatic nitrogens is 6. The van der Waals surface area contributed by atoms with E-state index >= 15 is 0 Å². The molecule has 11 heteroatoms. The monoisotopic (exact) mass is 439 g/mol. The maximum absolute atomic E-state index is 14.3. The van der Waals surface area contributed by atoms with Crippen LogP contribution in [0.25, 0.3) is 16.7 Å². The lowest BCUT2D eigenvalue weighted by atomic mass is 10.1. The van der Waals surface area contributed by atoms with E-state index in [2.05, 4.69) is 30.1 Å². The maximum atomic E-state index is 14.3. The standard InChI is InChI=1S/C21H22FN7O3/c1-12(2)18-26-21(32-27-18)28-7-5-14(6-8-28)31-20-15-10-25-29(19(15)23-11-24-20)17-4-3-13(30)9-16(17)22/h3-4,9-12,14,30H,5-8H2,1-2H3. The van der Waals surface area contributed by atoms with Crippen molar-refractivity contribution in [2.45, 2.75) is 38.7 Å². The first-order chi connectivity index (χ1) is 15.5. The summed E-state index contributed by atoms with van der Waals surface area (Å²) in [7, 11) is 0. The summed E-state index contributed by atoms with van der Waals surface area (Å²) >= 11 is 0. The number of benzene rings is 1. The van der Waals surface area contributed by atoms with E-state index in [1.54, 1.807) is 6.20 Å². The molecule has 1 aliphatic heterocycles. The van der Waals surface area contributed by atoms with Gasteiger partial charge in [0.25, 0.3) is 0 Å². The molecule has 0 atom stereocenters. The van der Waals surface area contributed by atoms with Crippen molar-refractivity contribution in [2.24, 2.45) is 0 Å². The number of fused-ring (bicyclic) bond motifs is 1. The van der Waals surface area contributed by atoms with Crippen LogP contribution >= 0.6 is 0 Å². The number of ether oxygens (including phenoxy) is 1. The first-order valence-electron chi connectivity index (χ1n) is 10.4. The van der Waals surface area contributed by atoms with Gasteiger partial charge in [-0.15, -0.1) is 0 Å². The predicted octanol–water partition coefficient (Wildman–Crippen LogP) is 3.21. The third-order valence-electron chi connectivity index (χ3n) is 5.43. The lowest BCUT2D eigenvalue weighted by Crippen LogP contribution is -2.38. The minimum absolute atomic E-state index is 0.0504. The lowest BCUT2D eigenvalue weighted by Gasteiger charge is -2.30. The van der Waals surface area contributed by atoms with Gasteiger partial charge in [-0.25, -0.2) is 19.0 Å². The zero-order valence-electron chi connectivity index (χ0n) is 17.6. The van der Waals surface area contributed by atoms with Crippen LogP contribution in [0.4, 0.5) is 10.4 Å². The van der Waals surface area contributed by atoms with Gasteiger partial charge in [0.1, 0.15) is 29.3 Å². The minimum atomic E-state index is -0.606. The number of anilines is 1. The Morgan fingerprint density at radius 1 is 1.22 bits per heavy atom. The van der Waals surface area contributed by atoms with E-state index in [9.17, 15) is 9.50 Å². The summed E-state index contributed by atoms with van der Waals surface area (Å²) in [6, 6.07) is 4.40. The predicted molar refractivity (Wildman–Crippen MR) is 113 cm³/mol. The van der Waals surface area contributed by atoms with Crippen LogP contribution in [0.5, 0.6) is 11.6 Å². The van der Waals surface area contributed by atoms with Gasteiger partial charge >= 0.3 is 6.01 Å². The molecular weight excluding hydrogens is 417 g/mol. The number of phenolic OH excluding ortho intramolecular Hbond substituents is 1. The SMILES string of the molecule is CC(C)c1noc(N2CCC(Oc3ncnc4c3cnn4-c3ccc(O)cc3F)CC2)n1. The third kappa shape index (κ3) is 3.70. The van der Waals surface area contributed by atoms with Gasteiger partial charge in [-0.05, 0) is 12.1 Å². The highest BCUT2D eigenvalue weighted by atomic mass is 19.1. The topological polar surface area (TPSA) is 115 Å². The highest BCUT2D eigenvalue weighted by Crippen LogP contribution is 2.28. The van der Waals surface area contributed by atoms with Gasteiger partial charge in [0.2, 0.25) is 5.88 Å². The van der Waals surface area contributed by atoms with Crippen LogP contribution in [0, 0.1) is 5.82 Å². The van der Waals surface area contributed by atoms with Crippen molar-refractivity contribution >= 4 is 17.0 Å². The van der Waals surface area contributed by atoms with E-state index in [1.807, 2.05) is 13.8 Å². The van der Waals surface area contributed by atoms with Crippen molar-refractivity contribution < 1.29 is 18.8 Å². The fourth-order valence-corrected chi connectivity index (χ4v) is 3.67. The molecule has 0 bridgehead atoms. The lowest BCUT2D eigenvalue weighted by molar-refractivity contribution is 0.164. The Morgan fingerprint density at radius 3 is 2.75 bits per heavy atom. The van der Waals surface area contributed by atoms with Crippen LogP contribution in [0.2, 0.25) is 0 Å². The van der Waals surface area contributed by atoms with Gasteiger partial charge in [-0.1, -0.05) is 19.0 Å². The molecular formula is C21H22FN7O3. The van der Waals surface area contributed by atoms with Crippen LogP contribution in [0.15, 0.2) is 35.2 Å². The molecule has 1 saturated heterocycles. The van der Waals surface area contributed by atoms with E-state index in [0.29, 0.717) is 28.8 Å². The summed E-state index contributed by atoms with van der Waals surface area (Å²) in [5, 5.41) is 18.3. The van der Waals surface area contributed by atoms with Gasteiger partial charge in [0.05, 0.1) is 6.20 Å². The minimum Gasteiger partial charge on any atom is -0.508 e. The molecule has 0 radical (unpaired) electrons. The summed E-state index contributed by atoms with van der Waals surface area (Å²) in [5.74, 6) is 0.547. The number of rotatable bonds is 5. The normalized spacial score (nSPS) is 15.1. The Kier molecular flexibility index (Phi) is 5.08. The molecule has 5 rings (SSSR count).